The van der Waals surface area contributed by atoms with Crippen LogP contribution in [0, 0.1) is 5.41 Å². The molecule has 114 valence electrons. The van der Waals surface area contributed by atoms with Crippen LogP contribution in [0.25, 0.3) is 0 Å². The lowest BCUT2D eigenvalue weighted by atomic mass is 9.97. The monoisotopic (exact) mass is 318 g/mol. The van der Waals surface area contributed by atoms with E-state index in [9.17, 15) is 0 Å². The largest absolute Gasteiger partial charge is 0.436 e. The Morgan fingerprint density at radius 2 is 1.16 bits per heavy atom. The number of rotatable bonds is 6. The van der Waals surface area contributed by atoms with Crippen molar-refractivity contribution in [3.05, 3.63) is 12.2 Å². The molecular weight excluding hydrogens is 284 g/mol. The standard InChI is InChI=1S/C14H34O2Si3/c1-14(2,3)12-11-13-19(10,15-17(4,5)6)16-18(7,8)9/h11-12H,13H2,1-10H3/b12-11+. The molecule has 0 aromatic rings. The predicted molar refractivity (Wildman–Crippen MR) is 93.9 cm³/mol. The SMILES string of the molecule is CC(C)(C)/C=C/C[Si](C)(O[Si](C)(C)C)O[Si](C)(C)C. The fraction of sp³-hybridized carbons (Fsp3) is 0.857. The van der Waals surface area contributed by atoms with Gasteiger partial charge in [0.15, 0.2) is 16.6 Å². The van der Waals surface area contributed by atoms with E-state index >= 15 is 0 Å². The van der Waals surface area contributed by atoms with Gasteiger partial charge < -0.3 is 8.23 Å². The molecule has 0 aliphatic heterocycles. The van der Waals surface area contributed by atoms with E-state index in [1.807, 2.05) is 0 Å². The number of hydrogen-bond acceptors (Lipinski definition) is 2. The Kier molecular flexibility index (Phi) is 6.49. The van der Waals surface area contributed by atoms with E-state index in [1.54, 1.807) is 0 Å². The molecule has 0 bridgehead atoms. The van der Waals surface area contributed by atoms with Gasteiger partial charge in [0.05, 0.1) is 0 Å². The molecule has 0 amide bonds. The van der Waals surface area contributed by atoms with Crippen molar-refractivity contribution in [3.8, 4) is 0 Å². The van der Waals surface area contributed by atoms with Crippen molar-refractivity contribution in [2.24, 2.45) is 5.41 Å². The topological polar surface area (TPSA) is 18.5 Å². The molecule has 0 fully saturated rings. The summed E-state index contributed by atoms with van der Waals surface area (Å²) in [7, 11) is -5.21. The van der Waals surface area contributed by atoms with Gasteiger partial charge in [-0.05, 0) is 51.2 Å². The van der Waals surface area contributed by atoms with Gasteiger partial charge in [-0.25, -0.2) is 0 Å². The van der Waals surface area contributed by atoms with E-state index in [0.29, 0.717) is 0 Å². The van der Waals surface area contributed by atoms with Crippen LogP contribution in [0.1, 0.15) is 20.8 Å². The zero-order valence-corrected chi connectivity index (χ0v) is 17.7. The lowest BCUT2D eigenvalue weighted by molar-refractivity contribution is 0.389. The van der Waals surface area contributed by atoms with Crippen molar-refractivity contribution in [3.63, 3.8) is 0 Å². The van der Waals surface area contributed by atoms with Gasteiger partial charge in [0, 0.05) is 6.04 Å². The number of allylic oxidation sites excluding steroid dienone is 2. The van der Waals surface area contributed by atoms with E-state index in [0.717, 1.165) is 6.04 Å². The van der Waals surface area contributed by atoms with E-state index in [1.165, 1.54) is 0 Å². The second-order valence-electron chi connectivity index (χ2n) is 8.54. The Hall–Kier alpha value is 0.311. The van der Waals surface area contributed by atoms with E-state index < -0.39 is 25.2 Å². The fourth-order valence-corrected chi connectivity index (χ4v) is 14.1. The van der Waals surface area contributed by atoms with Crippen LogP contribution in [0.15, 0.2) is 12.2 Å². The molecule has 19 heavy (non-hydrogen) atoms. The number of hydrogen-bond donors (Lipinski definition) is 0. The molecule has 5 heteroatoms. The molecule has 0 spiro atoms. The average molecular weight is 319 g/mol. The van der Waals surface area contributed by atoms with E-state index in [4.69, 9.17) is 8.23 Å². The molecule has 0 radical (unpaired) electrons. The van der Waals surface area contributed by atoms with Crippen LogP contribution in [-0.4, -0.2) is 25.2 Å². The summed E-state index contributed by atoms with van der Waals surface area (Å²) in [6, 6.07) is 0.957. The molecule has 0 heterocycles. The first-order chi connectivity index (χ1) is 8.12. The molecular formula is C14H34O2Si3. The highest BCUT2D eigenvalue weighted by Crippen LogP contribution is 2.25. The molecule has 0 aliphatic rings. The maximum absolute atomic E-state index is 6.46. The lowest BCUT2D eigenvalue weighted by Gasteiger charge is -2.38. The Bertz CT molecular complexity index is 290. The third kappa shape index (κ3) is 11.8. The Morgan fingerprint density at radius 3 is 1.42 bits per heavy atom. The van der Waals surface area contributed by atoms with E-state index in [2.05, 4.69) is 78.8 Å². The minimum Gasteiger partial charge on any atom is -0.436 e. The Labute approximate surface area is 124 Å². The second-order valence-corrected chi connectivity index (χ2v) is 21.3. The minimum atomic E-state index is -2.08. The van der Waals surface area contributed by atoms with Crippen molar-refractivity contribution in [2.75, 3.05) is 0 Å². The van der Waals surface area contributed by atoms with Crippen molar-refractivity contribution >= 4 is 25.2 Å². The van der Waals surface area contributed by atoms with Crippen LogP contribution in [0.5, 0.6) is 0 Å². The summed E-state index contributed by atoms with van der Waals surface area (Å²) in [5.41, 5.74) is 0.230. The van der Waals surface area contributed by atoms with Crippen LogP contribution in [0.2, 0.25) is 51.9 Å². The molecule has 0 unspecified atom stereocenters. The van der Waals surface area contributed by atoms with Gasteiger partial charge in [-0.3, -0.25) is 0 Å². The van der Waals surface area contributed by atoms with Gasteiger partial charge in [0.2, 0.25) is 0 Å². The van der Waals surface area contributed by atoms with Gasteiger partial charge in [-0.1, -0.05) is 32.9 Å². The summed E-state index contributed by atoms with van der Waals surface area (Å²) in [6.07, 6.45) is 4.55. The molecule has 2 nitrogen and oxygen atoms in total. The summed E-state index contributed by atoms with van der Waals surface area (Å²) in [4.78, 5) is 0. The average Bonchev–Trinajstić information content (AvgIpc) is 1.90. The maximum Gasteiger partial charge on any atom is 0.318 e. The van der Waals surface area contributed by atoms with Gasteiger partial charge in [0.1, 0.15) is 0 Å². The van der Waals surface area contributed by atoms with Crippen molar-refractivity contribution in [1.82, 2.24) is 0 Å². The third-order valence-corrected chi connectivity index (χ3v) is 11.5. The Balaban J connectivity index is 4.92. The smallest absolute Gasteiger partial charge is 0.318 e. The zero-order chi connectivity index (χ0) is 15.5. The molecule has 0 atom stereocenters. The fourth-order valence-electron chi connectivity index (χ4n) is 2.03. The maximum atomic E-state index is 6.46. The summed E-state index contributed by atoms with van der Waals surface area (Å²) in [5, 5.41) is 0. The first kappa shape index (κ1) is 19.3. The van der Waals surface area contributed by atoms with Gasteiger partial charge in [0.25, 0.3) is 0 Å². The second kappa shape index (κ2) is 6.39. The van der Waals surface area contributed by atoms with Gasteiger partial charge in [-0.15, -0.1) is 0 Å². The lowest BCUT2D eigenvalue weighted by Crippen LogP contribution is -2.52. The first-order valence-electron chi connectivity index (χ1n) is 7.20. The van der Waals surface area contributed by atoms with Crippen LogP contribution in [-0.2, 0) is 8.23 Å². The minimum absolute atomic E-state index is 0.230. The quantitative estimate of drug-likeness (QED) is 0.484. The molecule has 0 N–H and O–H groups in total. The summed E-state index contributed by atoms with van der Waals surface area (Å²) in [6.45, 7) is 22.4. The highest BCUT2D eigenvalue weighted by Gasteiger charge is 2.39. The molecule has 0 saturated heterocycles. The van der Waals surface area contributed by atoms with Crippen LogP contribution < -0.4 is 0 Å². The zero-order valence-electron chi connectivity index (χ0n) is 14.7. The first-order valence-corrected chi connectivity index (χ1v) is 16.5. The normalized spacial score (nSPS) is 15.3. The molecule has 0 saturated carbocycles. The van der Waals surface area contributed by atoms with E-state index in [-0.39, 0.29) is 5.41 Å². The van der Waals surface area contributed by atoms with Crippen LogP contribution in [0.4, 0.5) is 0 Å². The Morgan fingerprint density at radius 1 is 0.789 bits per heavy atom. The van der Waals surface area contributed by atoms with Crippen molar-refractivity contribution in [2.45, 2.75) is 72.6 Å². The van der Waals surface area contributed by atoms with Gasteiger partial charge in [-0.2, -0.15) is 0 Å². The van der Waals surface area contributed by atoms with Crippen molar-refractivity contribution < 1.29 is 8.23 Å². The van der Waals surface area contributed by atoms with Gasteiger partial charge >= 0.3 is 8.56 Å². The predicted octanol–water partition coefficient (Wildman–Crippen LogP) is 5.36. The molecule has 0 aromatic heterocycles. The molecule has 0 aliphatic carbocycles. The summed E-state index contributed by atoms with van der Waals surface area (Å²) in [5.74, 6) is 0. The summed E-state index contributed by atoms with van der Waals surface area (Å²) < 4.78 is 12.9. The highest BCUT2D eigenvalue weighted by molar-refractivity contribution is 6.87. The van der Waals surface area contributed by atoms with Crippen LogP contribution in [0.3, 0.4) is 0 Å². The highest BCUT2D eigenvalue weighted by atomic mass is 28.5. The van der Waals surface area contributed by atoms with Crippen molar-refractivity contribution in [1.29, 1.82) is 0 Å². The third-order valence-electron chi connectivity index (χ3n) is 2.15. The molecule has 0 rings (SSSR count). The molecule has 0 aromatic carbocycles. The summed E-state index contributed by atoms with van der Waals surface area (Å²) >= 11 is 0. The van der Waals surface area contributed by atoms with Crippen LogP contribution >= 0.6 is 0 Å².